The number of para-hydroxylation sites is 1. The second-order valence-electron chi connectivity index (χ2n) is 6.89. The van der Waals surface area contributed by atoms with Crippen LogP contribution in [0.3, 0.4) is 0 Å². The van der Waals surface area contributed by atoms with Crippen LogP contribution in [-0.2, 0) is 0 Å². The molecule has 0 atom stereocenters. The highest BCUT2D eigenvalue weighted by Crippen LogP contribution is 2.32. The van der Waals surface area contributed by atoms with E-state index in [1.807, 2.05) is 17.5 Å². The molecule has 6 rings (SSSR count). The quantitative estimate of drug-likeness (QED) is 0.262. The van der Waals surface area contributed by atoms with Crippen molar-refractivity contribution in [3.05, 3.63) is 89.8 Å². The fourth-order valence-corrected chi connectivity index (χ4v) is 4.19. The lowest BCUT2D eigenvalue weighted by Gasteiger charge is -2.03. The zero-order chi connectivity index (χ0) is 24.7. The molecule has 0 bridgehead atoms. The number of hydrogen-bond acceptors (Lipinski definition) is 9. The van der Waals surface area contributed by atoms with Gasteiger partial charge in [0.25, 0.3) is 10.4 Å². The van der Waals surface area contributed by atoms with Gasteiger partial charge in [-0.15, -0.1) is 0 Å². The molecule has 0 unspecified atom stereocenters. The molecule has 2 N–H and O–H groups in total. The molecule has 0 radical (unpaired) electrons. The zero-order valence-corrected chi connectivity index (χ0v) is 19.8. The summed E-state index contributed by atoms with van der Waals surface area (Å²) in [4.78, 5) is 12.5. The predicted octanol–water partition coefficient (Wildman–Crippen LogP) is 6.32. The van der Waals surface area contributed by atoms with Gasteiger partial charge in [-0.25, -0.2) is 23.7 Å². The van der Waals surface area contributed by atoms with Gasteiger partial charge in [-0.05, 0) is 18.2 Å². The fourth-order valence-electron chi connectivity index (χ4n) is 2.82. The maximum atomic E-state index is 13.4. The molecule has 0 fully saturated rings. The Morgan fingerprint density at radius 2 is 1.33 bits per heavy atom. The SMILES string of the molecule is Fc1cccc(F)c1Oc1nc(-c2cn[nH]c2)cs1.c1ccc(Oc2nc(-c3cn[nH]c3)cs2)nc1. The van der Waals surface area contributed by atoms with Gasteiger partial charge in [0.2, 0.25) is 11.6 Å². The number of halogens is 2. The molecular formula is C23H15F2N7O2S2. The molecule has 5 aromatic heterocycles. The highest BCUT2D eigenvalue weighted by Gasteiger charge is 2.14. The van der Waals surface area contributed by atoms with Crippen molar-refractivity contribution in [2.45, 2.75) is 0 Å². The number of nitrogens with zero attached hydrogens (tertiary/aromatic N) is 5. The molecule has 1 aromatic carbocycles. The van der Waals surface area contributed by atoms with E-state index in [0.29, 0.717) is 16.8 Å². The van der Waals surface area contributed by atoms with Gasteiger partial charge in [-0.1, -0.05) is 34.8 Å². The number of H-pyrrole nitrogens is 2. The lowest BCUT2D eigenvalue weighted by Crippen LogP contribution is -1.91. The molecule has 6 aromatic rings. The highest BCUT2D eigenvalue weighted by molar-refractivity contribution is 7.12. The molecular weight excluding hydrogens is 508 g/mol. The molecule has 0 aliphatic carbocycles. The van der Waals surface area contributed by atoms with Crippen molar-refractivity contribution in [2.75, 3.05) is 0 Å². The number of ether oxygens (including phenoxy) is 2. The van der Waals surface area contributed by atoms with Gasteiger partial charge in [0, 0.05) is 46.5 Å². The zero-order valence-electron chi connectivity index (χ0n) is 18.1. The Labute approximate surface area is 210 Å². The summed E-state index contributed by atoms with van der Waals surface area (Å²) in [7, 11) is 0. The summed E-state index contributed by atoms with van der Waals surface area (Å²) in [6, 6.07) is 9.03. The van der Waals surface area contributed by atoms with Crippen molar-refractivity contribution in [3.8, 4) is 44.5 Å². The van der Waals surface area contributed by atoms with Crippen LogP contribution in [0.2, 0.25) is 0 Å². The second-order valence-corrected chi connectivity index (χ2v) is 8.54. The minimum Gasteiger partial charge on any atom is -0.425 e. The minimum absolute atomic E-state index is 0.167. The number of pyridine rings is 1. The van der Waals surface area contributed by atoms with Gasteiger partial charge in [0.05, 0.1) is 23.8 Å². The molecule has 0 spiro atoms. The van der Waals surface area contributed by atoms with Crippen LogP contribution in [0, 0.1) is 11.6 Å². The fraction of sp³-hybridized carbons (Fsp3) is 0. The summed E-state index contributed by atoms with van der Waals surface area (Å²) >= 11 is 2.58. The van der Waals surface area contributed by atoms with Gasteiger partial charge in [0.1, 0.15) is 0 Å². The molecule has 36 heavy (non-hydrogen) atoms. The third kappa shape index (κ3) is 5.59. The normalized spacial score (nSPS) is 10.5. The van der Waals surface area contributed by atoms with E-state index in [-0.39, 0.29) is 5.19 Å². The number of nitrogens with one attached hydrogen (secondary N) is 2. The third-order valence-corrected chi connectivity index (χ3v) is 5.93. The van der Waals surface area contributed by atoms with E-state index in [9.17, 15) is 8.78 Å². The summed E-state index contributed by atoms with van der Waals surface area (Å²) in [5.41, 5.74) is 3.19. The highest BCUT2D eigenvalue weighted by atomic mass is 32.1. The topological polar surface area (TPSA) is 114 Å². The summed E-state index contributed by atoms with van der Waals surface area (Å²) < 4.78 is 37.5. The van der Waals surface area contributed by atoms with Crippen molar-refractivity contribution in [1.82, 2.24) is 35.3 Å². The first-order valence-electron chi connectivity index (χ1n) is 10.3. The van der Waals surface area contributed by atoms with Crippen LogP contribution in [-0.4, -0.2) is 35.3 Å². The molecule has 0 aliphatic rings. The second kappa shape index (κ2) is 10.8. The summed E-state index contributed by atoms with van der Waals surface area (Å²) in [5.74, 6) is -1.43. The molecule has 0 saturated heterocycles. The van der Waals surface area contributed by atoms with Crippen LogP contribution in [0.25, 0.3) is 22.5 Å². The van der Waals surface area contributed by atoms with E-state index < -0.39 is 17.4 Å². The van der Waals surface area contributed by atoms with Gasteiger partial charge in [-0.2, -0.15) is 10.2 Å². The van der Waals surface area contributed by atoms with Gasteiger partial charge < -0.3 is 9.47 Å². The number of aromatic nitrogens is 7. The van der Waals surface area contributed by atoms with Gasteiger partial charge >= 0.3 is 0 Å². The van der Waals surface area contributed by atoms with Crippen molar-refractivity contribution in [1.29, 1.82) is 0 Å². The van der Waals surface area contributed by atoms with E-state index in [1.165, 1.54) is 17.4 Å². The Kier molecular flexibility index (Phi) is 7.00. The summed E-state index contributed by atoms with van der Waals surface area (Å²) in [6.07, 6.45) is 8.46. The Morgan fingerprint density at radius 3 is 1.86 bits per heavy atom. The number of hydrogen-bond donors (Lipinski definition) is 2. The molecule has 9 nitrogen and oxygen atoms in total. The van der Waals surface area contributed by atoms with Crippen LogP contribution in [0.15, 0.2) is 78.1 Å². The summed E-state index contributed by atoms with van der Waals surface area (Å²) in [5, 5.41) is 17.5. The molecule has 13 heteroatoms. The first-order chi connectivity index (χ1) is 17.7. The van der Waals surface area contributed by atoms with Gasteiger partial charge in [0.15, 0.2) is 11.6 Å². The van der Waals surface area contributed by atoms with Crippen molar-refractivity contribution >= 4 is 22.7 Å². The Hall–Kier alpha value is -4.49. The third-order valence-electron chi connectivity index (χ3n) is 4.49. The molecule has 0 aliphatic heterocycles. The van der Waals surface area contributed by atoms with E-state index in [4.69, 9.17) is 9.47 Å². The number of thiazole rings is 2. The summed E-state index contributed by atoms with van der Waals surface area (Å²) in [6.45, 7) is 0. The van der Waals surface area contributed by atoms with E-state index in [2.05, 4.69) is 35.3 Å². The molecule has 5 heterocycles. The monoisotopic (exact) mass is 523 g/mol. The smallest absolute Gasteiger partial charge is 0.280 e. The first kappa shape index (κ1) is 23.3. The van der Waals surface area contributed by atoms with Crippen molar-refractivity contribution < 1.29 is 18.3 Å². The molecule has 0 saturated carbocycles. The Bertz CT molecular complexity index is 1500. The van der Waals surface area contributed by atoms with E-state index in [0.717, 1.165) is 40.3 Å². The van der Waals surface area contributed by atoms with E-state index >= 15 is 0 Å². The van der Waals surface area contributed by atoms with Crippen molar-refractivity contribution in [2.24, 2.45) is 0 Å². The Morgan fingerprint density at radius 1 is 0.722 bits per heavy atom. The van der Waals surface area contributed by atoms with Gasteiger partial charge in [-0.3, -0.25) is 10.2 Å². The largest absolute Gasteiger partial charge is 0.425 e. The standard InChI is InChI=1S/C12H7F2N3OS.C11H8N4OS/c13-8-2-1-3-9(14)11(8)18-12-17-10(6-19-12)7-4-15-16-5-7;1-2-4-12-10(3-1)16-11-15-9(7-17-11)8-5-13-14-6-8/h1-6H,(H,15,16);1-7H,(H,13,14). The number of rotatable bonds is 6. The lowest BCUT2D eigenvalue weighted by atomic mass is 10.3. The van der Waals surface area contributed by atoms with Crippen LogP contribution in [0.4, 0.5) is 8.78 Å². The number of aromatic amines is 2. The first-order valence-corrected chi connectivity index (χ1v) is 12.0. The maximum Gasteiger partial charge on any atom is 0.280 e. The predicted molar refractivity (Wildman–Crippen MR) is 130 cm³/mol. The van der Waals surface area contributed by atoms with Crippen LogP contribution < -0.4 is 9.47 Å². The van der Waals surface area contributed by atoms with Crippen LogP contribution >= 0.6 is 22.7 Å². The molecule has 180 valence electrons. The van der Waals surface area contributed by atoms with Crippen LogP contribution in [0.5, 0.6) is 22.0 Å². The van der Waals surface area contributed by atoms with Crippen LogP contribution in [0.1, 0.15) is 0 Å². The Balaban J connectivity index is 0.000000149. The van der Waals surface area contributed by atoms with E-state index in [1.54, 1.807) is 42.4 Å². The van der Waals surface area contributed by atoms with Crippen molar-refractivity contribution in [3.63, 3.8) is 0 Å². The maximum absolute atomic E-state index is 13.4. The number of benzene rings is 1. The average molecular weight is 524 g/mol. The lowest BCUT2D eigenvalue weighted by molar-refractivity contribution is 0.406. The molecule has 0 amide bonds. The minimum atomic E-state index is -0.764. The average Bonchev–Trinajstić information content (AvgIpc) is 3.69.